The van der Waals surface area contributed by atoms with Crippen molar-refractivity contribution in [3.8, 4) is 0 Å². The average molecular weight is 293 g/mol. The second-order valence-corrected chi connectivity index (χ2v) is 5.74. The quantitative estimate of drug-likeness (QED) is 0.867. The van der Waals surface area contributed by atoms with Gasteiger partial charge in [0.1, 0.15) is 0 Å². The fourth-order valence-electron chi connectivity index (χ4n) is 3.03. The summed E-state index contributed by atoms with van der Waals surface area (Å²) in [6.45, 7) is 3.67. The summed E-state index contributed by atoms with van der Waals surface area (Å²) in [5.74, 6) is -0.631. The minimum atomic E-state index is -0.715. The molecule has 116 valence electrons. The SMILES string of the molecule is CCCC1(C(=O)O)CCN(C(=O)CCn2cccn2)CC1. The highest BCUT2D eigenvalue weighted by atomic mass is 16.4. The van der Waals surface area contributed by atoms with Crippen LogP contribution in [0.15, 0.2) is 18.5 Å². The Balaban J connectivity index is 1.85. The Bertz CT molecular complexity index is 476. The van der Waals surface area contributed by atoms with Gasteiger partial charge in [-0.1, -0.05) is 13.3 Å². The lowest BCUT2D eigenvalue weighted by Gasteiger charge is -2.38. The first kappa shape index (κ1) is 15.5. The predicted octanol–water partition coefficient (Wildman–Crippen LogP) is 1.77. The fraction of sp³-hybridized carbons (Fsp3) is 0.667. The van der Waals surface area contributed by atoms with E-state index in [4.69, 9.17) is 0 Å². The molecule has 6 nitrogen and oxygen atoms in total. The summed E-state index contributed by atoms with van der Waals surface area (Å²) in [7, 11) is 0. The Morgan fingerprint density at radius 1 is 1.33 bits per heavy atom. The van der Waals surface area contributed by atoms with Crippen LogP contribution in [0.3, 0.4) is 0 Å². The van der Waals surface area contributed by atoms with Gasteiger partial charge in [-0.15, -0.1) is 0 Å². The molecule has 2 rings (SSSR count). The number of nitrogens with zero attached hydrogens (tertiary/aromatic N) is 3. The molecule has 0 aliphatic carbocycles. The van der Waals surface area contributed by atoms with Crippen molar-refractivity contribution in [2.75, 3.05) is 13.1 Å². The van der Waals surface area contributed by atoms with Crippen molar-refractivity contribution < 1.29 is 14.7 Å². The van der Waals surface area contributed by atoms with Gasteiger partial charge in [-0.2, -0.15) is 5.10 Å². The van der Waals surface area contributed by atoms with Crippen LogP contribution in [0.25, 0.3) is 0 Å². The molecule has 0 bridgehead atoms. The molecule has 1 amide bonds. The van der Waals surface area contributed by atoms with E-state index in [1.807, 2.05) is 19.2 Å². The number of aryl methyl sites for hydroxylation is 1. The van der Waals surface area contributed by atoms with Crippen molar-refractivity contribution in [2.24, 2.45) is 5.41 Å². The molecule has 1 aromatic rings. The Morgan fingerprint density at radius 2 is 2.05 bits per heavy atom. The van der Waals surface area contributed by atoms with Crippen LogP contribution in [0, 0.1) is 5.41 Å². The number of aliphatic carboxylic acids is 1. The summed E-state index contributed by atoms with van der Waals surface area (Å²) < 4.78 is 1.74. The second-order valence-electron chi connectivity index (χ2n) is 5.74. The monoisotopic (exact) mass is 293 g/mol. The fourth-order valence-corrected chi connectivity index (χ4v) is 3.03. The van der Waals surface area contributed by atoms with Crippen LogP contribution in [0.4, 0.5) is 0 Å². The zero-order valence-electron chi connectivity index (χ0n) is 12.5. The maximum atomic E-state index is 12.2. The molecule has 0 aromatic carbocycles. The zero-order chi connectivity index (χ0) is 15.3. The molecule has 1 aliphatic rings. The van der Waals surface area contributed by atoms with Crippen molar-refractivity contribution in [3.05, 3.63) is 18.5 Å². The van der Waals surface area contributed by atoms with Gasteiger partial charge in [-0.25, -0.2) is 0 Å². The van der Waals surface area contributed by atoms with E-state index >= 15 is 0 Å². The third-order valence-corrected chi connectivity index (χ3v) is 4.37. The van der Waals surface area contributed by atoms with Crippen molar-refractivity contribution in [2.45, 2.75) is 45.6 Å². The van der Waals surface area contributed by atoms with Gasteiger partial charge in [0.15, 0.2) is 0 Å². The van der Waals surface area contributed by atoms with E-state index in [9.17, 15) is 14.7 Å². The number of carbonyl (C=O) groups excluding carboxylic acids is 1. The molecule has 1 aromatic heterocycles. The van der Waals surface area contributed by atoms with E-state index in [-0.39, 0.29) is 5.91 Å². The van der Waals surface area contributed by atoms with Gasteiger partial charge < -0.3 is 10.0 Å². The Labute approximate surface area is 124 Å². The van der Waals surface area contributed by atoms with Gasteiger partial charge in [-0.3, -0.25) is 14.3 Å². The third-order valence-electron chi connectivity index (χ3n) is 4.37. The Morgan fingerprint density at radius 3 is 2.57 bits per heavy atom. The number of carboxylic acid groups (broad SMARTS) is 1. The van der Waals surface area contributed by atoms with Crippen molar-refractivity contribution in [1.82, 2.24) is 14.7 Å². The van der Waals surface area contributed by atoms with Gasteiger partial charge in [0.2, 0.25) is 5.91 Å². The summed E-state index contributed by atoms with van der Waals surface area (Å²) in [5.41, 5.74) is -0.631. The first-order valence-electron chi connectivity index (χ1n) is 7.56. The zero-order valence-corrected chi connectivity index (χ0v) is 12.5. The van der Waals surface area contributed by atoms with E-state index in [2.05, 4.69) is 5.10 Å². The van der Waals surface area contributed by atoms with Crippen molar-refractivity contribution in [1.29, 1.82) is 0 Å². The molecule has 1 aliphatic heterocycles. The molecule has 6 heteroatoms. The topological polar surface area (TPSA) is 75.4 Å². The van der Waals surface area contributed by atoms with Gasteiger partial charge in [0.05, 0.1) is 5.41 Å². The number of hydrogen-bond donors (Lipinski definition) is 1. The number of amides is 1. The lowest BCUT2D eigenvalue weighted by Crippen LogP contribution is -2.46. The van der Waals surface area contributed by atoms with Crippen LogP contribution < -0.4 is 0 Å². The third kappa shape index (κ3) is 3.62. The van der Waals surface area contributed by atoms with Gasteiger partial charge >= 0.3 is 5.97 Å². The number of rotatable bonds is 6. The molecule has 1 fully saturated rings. The smallest absolute Gasteiger partial charge is 0.309 e. The van der Waals surface area contributed by atoms with Crippen LogP contribution in [0.2, 0.25) is 0 Å². The number of carbonyl (C=O) groups is 2. The Hall–Kier alpha value is -1.85. The van der Waals surface area contributed by atoms with E-state index in [1.165, 1.54) is 0 Å². The molecule has 0 spiro atoms. The lowest BCUT2D eigenvalue weighted by molar-refractivity contribution is -0.155. The van der Waals surface area contributed by atoms with Crippen molar-refractivity contribution in [3.63, 3.8) is 0 Å². The van der Waals surface area contributed by atoms with E-state index in [0.29, 0.717) is 45.3 Å². The number of likely N-dealkylation sites (tertiary alicyclic amines) is 1. The molecule has 0 atom stereocenters. The van der Waals surface area contributed by atoms with Crippen LogP contribution in [0.1, 0.15) is 39.0 Å². The van der Waals surface area contributed by atoms with Gasteiger partial charge in [0, 0.05) is 38.4 Å². The molecule has 1 saturated heterocycles. The minimum absolute atomic E-state index is 0.0842. The standard InChI is InChI=1S/C15H23N3O3/c1-2-5-15(14(20)21)6-11-17(12-7-15)13(19)4-10-18-9-3-8-16-18/h3,8-9H,2,4-7,10-12H2,1H3,(H,20,21). The first-order valence-corrected chi connectivity index (χ1v) is 7.56. The second kappa shape index (κ2) is 6.74. The van der Waals surface area contributed by atoms with Gasteiger partial charge in [-0.05, 0) is 25.3 Å². The summed E-state index contributed by atoms with van der Waals surface area (Å²) >= 11 is 0. The summed E-state index contributed by atoms with van der Waals surface area (Å²) in [6, 6.07) is 1.83. The van der Waals surface area contributed by atoms with Crippen LogP contribution in [-0.2, 0) is 16.1 Å². The normalized spacial score (nSPS) is 17.7. The number of aromatic nitrogens is 2. The van der Waals surface area contributed by atoms with Crippen LogP contribution in [-0.4, -0.2) is 44.8 Å². The molecule has 21 heavy (non-hydrogen) atoms. The number of hydrogen-bond acceptors (Lipinski definition) is 3. The molecular weight excluding hydrogens is 270 g/mol. The molecule has 1 N–H and O–H groups in total. The van der Waals surface area contributed by atoms with Gasteiger partial charge in [0.25, 0.3) is 0 Å². The largest absolute Gasteiger partial charge is 0.481 e. The highest BCUT2D eigenvalue weighted by Gasteiger charge is 2.41. The lowest BCUT2D eigenvalue weighted by atomic mass is 9.75. The predicted molar refractivity (Wildman–Crippen MR) is 77.6 cm³/mol. The molecule has 2 heterocycles. The average Bonchev–Trinajstić information content (AvgIpc) is 2.99. The molecule has 0 unspecified atom stereocenters. The van der Waals surface area contributed by atoms with E-state index < -0.39 is 11.4 Å². The maximum absolute atomic E-state index is 12.2. The highest BCUT2D eigenvalue weighted by Crippen LogP contribution is 2.36. The number of piperidine rings is 1. The maximum Gasteiger partial charge on any atom is 0.309 e. The summed E-state index contributed by atoms with van der Waals surface area (Å²) in [5, 5.41) is 13.5. The van der Waals surface area contributed by atoms with Crippen LogP contribution >= 0.6 is 0 Å². The highest BCUT2D eigenvalue weighted by molar-refractivity contribution is 5.78. The summed E-state index contributed by atoms with van der Waals surface area (Å²) in [4.78, 5) is 25.5. The van der Waals surface area contributed by atoms with E-state index in [0.717, 1.165) is 6.42 Å². The van der Waals surface area contributed by atoms with Crippen molar-refractivity contribution >= 4 is 11.9 Å². The number of carboxylic acids is 1. The van der Waals surface area contributed by atoms with Crippen LogP contribution in [0.5, 0.6) is 0 Å². The molecule has 0 saturated carbocycles. The Kier molecular flexibility index (Phi) is 4.98. The summed E-state index contributed by atoms with van der Waals surface area (Å²) in [6.07, 6.45) is 6.61. The molecule has 0 radical (unpaired) electrons. The van der Waals surface area contributed by atoms with E-state index in [1.54, 1.807) is 15.8 Å². The molecular formula is C15H23N3O3. The first-order chi connectivity index (χ1) is 10.1. The minimum Gasteiger partial charge on any atom is -0.481 e.